The van der Waals surface area contributed by atoms with Gasteiger partial charge in [0.1, 0.15) is 5.75 Å². The average Bonchev–Trinajstić information content (AvgIpc) is 2.34. The topological polar surface area (TPSA) is 29.5 Å². The van der Waals surface area contributed by atoms with E-state index in [0.717, 1.165) is 24.3 Å². The molecule has 3 nitrogen and oxygen atoms in total. The number of nitrogens with zero attached hydrogens (tertiary/aromatic N) is 1. The maximum Gasteiger partial charge on any atom is 0.267 e. The van der Waals surface area contributed by atoms with E-state index in [9.17, 15) is 4.79 Å². The van der Waals surface area contributed by atoms with E-state index in [1.807, 2.05) is 24.3 Å². The third kappa shape index (κ3) is 2.55. The number of carbonyl (C=O) groups excluding carboxylic acids is 1. The molecule has 1 aliphatic heterocycles. The van der Waals surface area contributed by atoms with Crippen LogP contribution in [-0.2, 0) is 4.79 Å². The molecule has 0 aromatic heterocycles. The third-order valence-corrected chi connectivity index (χ3v) is 3.11. The van der Waals surface area contributed by atoms with Gasteiger partial charge in [0, 0.05) is 12.4 Å². The van der Waals surface area contributed by atoms with E-state index in [0.29, 0.717) is 12.4 Å². The number of halogens is 1. The van der Waals surface area contributed by atoms with Crippen LogP contribution in [0.1, 0.15) is 19.8 Å². The van der Waals surface area contributed by atoms with Gasteiger partial charge in [0.15, 0.2) is 6.10 Å². The van der Waals surface area contributed by atoms with Crippen LogP contribution >= 0.6 is 11.6 Å². The van der Waals surface area contributed by atoms with E-state index in [4.69, 9.17) is 16.3 Å². The summed E-state index contributed by atoms with van der Waals surface area (Å²) in [6.45, 7) is 2.49. The number of amides is 1. The number of para-hydroxylation sites is 2. The molecule has 0 spiro atoms. The van der Waals surface area contributed by atoms with Crippen LogP contribution in [0.4, 0.5) is 5.69 Å². The number of carbonyl (C=O) groups is 1. The number of alkyl halides is 1. The van der Waals surface area contributed by atoms with Crippen molar-refractivity contribution in [2.45, 2.75) is 25.9 Å². The van der Waals surface area contributed by atoms with Crippen molar-refractivity contribution < 1.29 is 9.53 Å². The lowest BCUT2D eigenvalue weighted by Crippen LogP contribution is -2.44. The summed E-state index contributed by atoms with van der Waals surface area (Å²) in [4.78, 5) is 13.9. The van der Waals surface area contributed by atoms with Crippen molar-refractivity contribution in [2.24, 2.45) is 0 Å². The standard InChI is InChI=1S/C13H16ClNO2/c1-10-13(16)15(9-5-4-8-14)11-6-2-3-7-12(11)17-10/h2-3,6-7,10H,4-5,8-9H2,1H3. The average molecular weight is 254 g/mol. The van der Waals surface area contributed by atoms with Gasteiger partial charge in [-0.1, -0.05) is 12.1 Å². The summed E-state index contributed by atoms with van der Waals surface area (Å²) in [5.74, 6) is 1.44. The molecule has 1 unspecified atom stereocenters. The summed E-state index contributed by atoms with van der Waals surface area (Å²) >= 11 is 5.66. The predicted molar refractivity (Wildman–Crippen MR) is 68.8 cm³/mol. The number of unbranched alkanes of at least 4 members (excludes halogenated alkanes) is 1. The fourth-order valence-corrected chi connectivity index (χ4v) is 2.14. The summed E-state index contributed by atoms with van der Waals surface area (Å²) in [6.07, 6.45) is 1.43. The number of hydrogen-bond acceptors (Lipinski definition) is 2. The van der Waals surface area contributed by atoms with E-state index < -0.39 is 6.10 Å². The summed E-state index contributed by atoms with van der Waals surface area (Å²) in [7, 11) is 0. The molecule has 0 fully saturated rings. The summed E-state index contributed by atoms with van der Waals surface area (Å²) in [6, 6.07) is 7.64. The number of anilines is 1. The van der Waals surface area contributed by atoms with Crippen LogP contribution in [0.2, 0.25) is 0 Å². The van der Waals surface area contributed by atoms with Gasteiger partial charge in [-0.2, -0.15) is 0 Å². The first-order chi connectivity index (χ1) is 8.24. The zero-order valence-corrected chi connectivity index (χ0v) is 10.6. The first-order valence-corrected chi connectivity index (χ1v) is 6.40. The minimum absolute atomic E-state index is 0.0262. The van der Waals surface area contributed by atoms with Gasteiger partial charge < -0.3 is 9.64 Å². The number of rotatable bonds is 4. The van der Waals surface area contributed by atoms with Crippen LogP contribution in [0, 0.1) is 0 Å². The summed E-state index contributed by atoms with van der Waals surface area (Å²) in [5.41, 5.74) is 0.866. The lowest BCUT2D eigenvalue weighted by atomic mass is 10.1. The van der Waals surface area contributed by atoms with E-state index in [1.54, 1.807) is 11.8 Å². The van der Waals surface area contributed by atoms with Crippen molar-refractivity contribution in [3.63, 3.8) is 0 Å². The quantitative estimate of drug-likeness (QED) is 0.610. The SMILES string of the molecule is CC1Oc2ccccc2N(CCCCCl)C1=O. The monoisotopic (exact) mass is 253 g/mol. The highest BCUT2D eigenvalue weighted by molar-refractivity contribution is 6.17. The molecular formula is C13H16ClNO2. The van der Waals surface area contributed by atoms with Gasteiger partial charge in [-0.05, 0) is 31.9 Å². The molecule has 17 heavy (non-hydrogen) atoms. The molecule has 0 radical (unpaired) electrons. The minimum Gasteiger partial charge on any atom is -0.479 e. The van der Waals surface area contributed by atoms with Crippen LogP contribution in [0.3, 0.4) is 0 Å². The predicted octanol–water partition coefficient (Wildman–Crippen LogP) is 2.82. The normalized spacial score (nSPS) is 18.8. The maximum atomic E-state index is 12.1. The Kier molecular flexibility index (Phi) is 3.89. The van der Waals surface area contributed by atoms with Gasteiger partial charge in [-0.15, -0.1) is 11.6 Å². The Labute approximate surface area is 106 Å². The molecule has 0 saturated carbocycles. The van der Waals surface area contributed by atoms with Gasteiger partial charge in [0.05, 0.1) is 5.69 Å². The molecule has 4 heteroatoms. The van der Waals surface area contributed by atoms with Crippen molar-refractivity contribution in [2.75, 3.05) is 17.3 Å². The fourth-order valence-electron chi connectivity index (χ4n) is 1.95. The van der Waals surface area contributed by atoms with Gasteiger partial charge in [0.25, 0.3) is 5.91 Å². The van der Waals surface area contributed by atoms with E-state index in [1.165, 1.54) is 0 Å². The first kappa shape index (κ1) is 12.2. The Bertz CT molecular complexity index is 408. The lowest BCUT2D eigenvalue weighted by molar-refractivity contribution is -0.125. The third-order valence-electron chi connectivity index (χ3n) is 2.84. The number of ether oxygens (including phenoxy) is 1. The van der Waals surface area contributed by atoms with Crippen LogP contribution < -0.4 is 9.64 Å². The molecule has 1 aromatic rings. The zero-order chi connectivity index (χ0) is 12.3. The van der Waals surface area contributed by atoms with Gasteiger partial charge in [-0.25, -0.2) is 0 Å². The van der Waals surface area contributed by atoms with Crippen LogP contribution in [0.5, 0.6) is 5.75 Å². The van der Waals surface area contributed by atoms with Gasteiger partial charge >= 0.3 is 0 Å². The second kappa shape index (κ2) is 5.41. The number of hydrogen-bond donors (Lipinski definition) is 0. The van der Waals surface area contributed by atoms with Crippen molar-refractivity contribution in [3.8, 4) is 5.75 Å². The lowest BCUT2D eigenvalue weighted by Gasteiger charge is -2.32. The minimum atomic E-state index is -0.402. The molecule has 1 aliphatic rings. The smallest absolute Gasteiger partial charge is 0.267 e. The Morgan fingerprint density at radius 2 is 2.12 bits per heavy atom. The summed E-state index contributed by atoms with van der Waals surface area (Å²) < 4.78 is 5.56. The highest BCUT2D eigenvalue weighted by Gasteiger charge is 2.30. The maximum absolute atomic E-state index is 12.1. The molecule has 0 bridgehead atoms. The zero-order valence-electron chi connectivity index (χ0n) is 9.86. The van der Waals surface area contributed by atoms with Gasteiger partial charge in [-0.3, -0.25) is 4.79 Å². The largest absolute Gasteiger partial charge is 0.479 e. The molecule has 1 heterocycles. The van der Waals surface area contributed by atoms with Gasteiger partial charge in [0.2, 0.25) is 0 Å². The molecule has 92 valence electrons. The highest BCUT2D eigenvalue weighted by atomic mass is 35.5. The number of benzene rings is 1. The van der Waals surface area contributed by atoms with E-state index in [2.05, 4.69) is 0 Å². The Morgan fingerprint density at radius 3 is 2.88 bits per heavy atom. The fraction of sp³-hybridized carbons (Fsp3) is 0.462. The van der Waals surface area contributed by atoms with E-state index >= 15 is 0 Å². The highest BCUT2D eigenvalue weighted by Crippen LogP contribution is 2.33. The second-order valence-corrected chi connectivity index (χ2v) is 4.49. The first-order valence-electron chi connectivity index (χ1n) is 5.87. The van der Waals surface area contributed by atoms with Crippen molar-refractivity contribution in [1.29, 1.82) is 0 Å². The van der Waals surface area contributed by atoms with Crippen LogP contribution in [0.25, 0.3) is 0 Å². The number of fused-ring (bicyclic) bond motifs is 1. The molecular weight excluding hydrogens is 238 g/mol. The second-order valence-electron chi connectivity index (χ2n) is 4.11. The van der Waals surface area contributed by atoms with Crippen LogP contribution in [0.15, 0.2) is 24.3 Å². The van der Waals surface area contributed by atoms with E-state index in [-0.39, 0.29) is 5.91 Å². The molecule has 2 rings (SSSR count). The van der Waals surface area contributed by atoms with Crippen LogP contribution in [-0.4, -0.2) is 24.4 Å². The molecule has 1 amide bonds. The van der Waals surface area contributed by atoms with Crippen molar-refractivity contribution in [1.82, 2.24) is 0 Å². The molecule has 0 saturated heterocycles. The van der Waals surface area contributed by atoms with Crippen molar-refractivity contribution in [3.05, 3.63) is 24.3 Å². The summed E-state index contributed by atoms with van der Waals surface area (Å²) in [5, 5.41) is 0. The molecule has 1 aromatic carbocycles. The molecule has 0 aliphatic carbocycles. The molecule has 1 atom stereocenters. The van der Waals surface area contributed by atoms with Crippen molar-refractivity contribution >= 4 is 23.2 Å². The molecule has 0 N–H and O–H groups in total. The Hall–Kier alpha value is -1.22. The Morgan fingerprint density at radius 1 is 1.35 bits per heavy atom. The Balaban J connectivity index is 2.20.